The lowest BCUT2D eigenvalue weighted by molar-refractivity contribution is 0.489. The second-order valence-corrected chi connectivity index (χ2v) is 6.82. The molecule has 0 saturated heterocycles. The highest BCUT2D eigenvalue weighted by Gasteiger charge is 2.14. The van der Waals surface area contributed by atoms with Crippen molar-refractivity contribution in [3.63, 3.8) is 0 Å². The van der Waals surface area contributed by atoms with Gasteiger partial charge in [-0.1, -0.05) is 37.3 Å². The van der Waals surface area contributed by atoms with Gasteiger partial charge in [0.2, 0.25) is 0 Å². The summed E-state index contributed by atoms with van der Waals surface area (Å²) in [5.41, 5.74) is 1.44. The Labute approximate surface area is 134 Å². The molecule has 1 N–H and O–H groups in total. The van der Waals surface area contributed by atoms with Gasteiger partial charge in [0.05, 0.1) is 0 Å². The lowest BCUT2D eigenvalue weighted by Gasteiger charge is -2.18. The predicted molar refractivity (Wildman–Crippen MR) is 92.4 cm³/mol. The molecule has 0 aliphatic heterocycles. The molecular weight excluding hydrogens is 330 g/mol. The van der Waals surface area contributed by atoms with E-state index < -0.39 is 0 Å². The zero-order chi connectivity index (χ0) is 14.2. The summed E-state index contributed by atoms with van der Waals surface area (Å²) in [7, 11) is 0. The van der Waals surface area contributed by atoms with Gasteiger partial charge in [-0.15, -0.1) is 11.3 Å². The van der Waals surface area contributed by atoms with Crippen molar-refractivity contribution in [2.24, 2.45) is 0 Å². The van der Waals surface area contributed by atoms with Crippen molar-refractivity contribution in [1.29, 1.82) is 0 Å². The van der Waals surface area contributed by atoms with Crippen LogP contribution in [0.25, 0.3) is 0 Å². The molecule has 0 spiro atoms. The Hall–Kier alpha value is -0.640. The smallest absolute Gasteiger partial charge is 0.0426 e. The van der Waals surface area contributed by atoms with E-state index in [9.17, 15) is 0 Å². The summed E-state index contributed by atoms with van der Waals surface area (Å²) in [6, 6.07) is 13.4. The number of thiophene rings is 1. The fourth-order valence-electron chi connectivity index (χ4n) is 2.35. The van der Waals surface area contributed by atoms with Crippen molar-refractivity contribution in [2.75, 3.05) is 6.54 Å². The Morgan fingerprint density at radius 1 is 1.20 bits per heavy atom. The van der Waals surface area contributed by atoms with Crippen LogP contribution in [0, 0.1) is 0 Å². The molecule has 2 aromatic rings. The normalized spacial score (nSPS) is 12.5. The Morgan fingerprint density at radius 2 is 2.00 bits per heavy atom. The van der Waals surface area contributed by atoms with Gasteiger partial charge in [-0.2, -0.15) is 0 Å². The first-order valence-electron chi connectivity index (χ1n) is 7.31. The fraction of sp³-hybridized carbons (Fsp3) is 0.412. The van der Waals surface area contributed by atoms with E-state index in [1.54, 1.807) is 0 Å². The lowest BCUT2D eigenvalue weighted by Crippen LogP contribution is -2.21. The Balaban J connectivity index is 1.89. The molecule has 0 aliphatic carbocycles. The minimum atomic E-state index is 0.480. The number of rotatable bonds is 8. The molecule has 1 atom stereocenters. The molecule has 0 radical (unpaired) electrons. The third kappa shape index (κ3) is 4.72. The van der Waals surface area contributed by atoms with Gasteiger partial charge in [0.15, 0.2) is 0 Å². The van der Waals surface area contributed by atoms with E-state index in [0.717, 1.165) is 13.0 Å². The van der Waals surface area contributed by atoms with Gasteiger partial charge in [-0.3, -0.25) is 0 Å². The molecule has 0 amide bonds. The maximum absolute atomic E-state index is 3.68. The quantitative estimate of drug-likeness (QED) is 0.654. The average molecular weight is 352 g/mol. The highest BCUT2D eigenvalue weighted by molar-refractivity contribution is 9.10. The SMILES string of the molecule is CCCNC(CCCc1ccccc1)c1sccc1Br. The van der Waals surface area contributed by atoms with Crippen LogP contribution in [-0.2, 0) is 6.42 Å². The molecular formula is C17H22BrNS. The van der Waals surface area contributed by atoms with Gasteiger partial charge < -0.3 is 5.32 Å². The fourth-order valence-corrected chi connectivity index (χ4v) is 4.11. The van der Waals surface area contributed by atoms with Crippen molar-refractivity contribution in [2.45, 2.75) is 38.6 Å². The standard InChI is InChI=1S/C17H22BrNS/c1-2-12-19-16(17-15(18)11-13-20-17)10-6-9-14-7-4-3-5-8-14/h3-5,7-8,11,13,16,19H,2,6,9-10,12H2,1H3. The predicted octanol–water partition coefficient (Wildman–Crippen LogP) is 5.57. The van der Waals surface area contributed by atoms with E-state index in [1.165, 1.54) is 34.2 Å². The number of halogens is 1. The summed E-state index contributed by atoms with van der Waals surface area (Å²) in [6.45, 7) is 3.30. The second kappa shape index (κ2) is 8.60. The zero-order valence-corrected chi connectivity index (χ0v) is 14.3. The van der Waals surface area contributed by atoms with Crippen molar-refractivity contribution in [3.05, 3.63) is 56.7 Å². The zero-order valence-electron chi connectivity index (χ0n) is 11.9. The Kier molecular flexibility index (Phi) is 6.77. The Bertz CT molecular complexity index is 495. The third-order valence-corrected chi connectivity index (χ3v) is 5.39. The molecule has 2 rings (SSSR count). The maximum Gasteiger partial charge on any atom is 0.0426 e. The van der Waals surface area contributed by atoms with Crippen LogP contribution in [0.15, 0.2) is 46.3 Å². The van der Waals surface area contributed by atoms with E-state index in [2.05, 4.69) is 69.9 Å². The summed E-state index contributed by atoms with van der Waals surface area (Å²) < 4.78 is 1.25. The molecule has 108 valence electrons. The molecule has 0 saturated carbocycles. The minimum absolute atomic E-state index is 0.480. The van der Waals surface area contributed by atoms with Crippen LogP contribution in [-0.4, -0.2) is 6.54 Å². The minimum Gasteiger partial charge on any atom is -0.309 e. The van der Waals surface area contributed by atoms with Crippen molar-refractivity contribution >= 4 is 27.3 Å². The van der Waals surface area contributed by atoms with Crippen molar-refractivity contribution < 1.29 is 0 Å². The molecule has 1 heterocycles. The van der Waals surface area contributed by atoms with Gasteiger partial charge in [0.1, 0.15) is 0 Å². The first-order chi connectivity index (χ1) is 9.81. The second-order valence-electron chi connectivity index (χ2n) is 5.02. The molecule has 1 unspecified atom stereocenters. The summed E-state index contributed by atoms with van der Waals surface area (Å²) in [5.74, 6) is 0. The highest BCUT2D eigenvalue weighted by Crippen LogP contribution is 2.31. The maximum atomic E-state index is 3.68. The third-order valence-electron chi connectivity index (χ3n) is 3.40. The van der Waals surface area contributed by atoms with Crippen LogP contribution in [0.5, 0.6) is 0 Å². The van der Waals surface area contributed by atoms with Crippen LogP contribution in [0.3, 0.4) is 0 Å². The number of aryl methyl sites for hydroxylation is 1. The first-order valence-corrected chi connectivity index (χ1v) is 8.98. The van der Waals surface area contributed by atoms with Crippen LogP contribution in [0.2, 0.25) is 0 Å². The Morgan fingerprint density at radius 3 is 2.65 bits per heavy atom. The first kappa shape index (κ1) is 15.7. The van der Waals surface area contributed by atoms with Crippen LogP contribution in [0.1, 0.15) is 42.7 Å². The molecule has 1 nitrogen and oxygen atoms in total. The molecule has 3 heteroatoms. The van der Waals surface area contributed by atoms with E-state index in [4.69, 9.17) is 0 Å². The summed E-state index contributed by atoms with van der Waals surface area (Å²) in [6.07, 6.45) is 4.75. The van der Waals surface area contributed by atoms with Crippen LogP contribution < -0.4 is 5.32 Å². The summed E-state index contributed by atoms with van der Waals surface area (Å²) >= 11 is 5.51. The molecule has 1 aromatic heterocycles. The van der Waals surface area contributed by atoms with Crippen LogP contribution in [0.4, 0.5) is 0 Å². The molecule has 0 aliphatic rings. The summed E-state index contributed by atoms with van der Waals surface area (Å²) in [5, 5.41) is 5.84. The number of hydrogen-bond acceptors (Lipinski definition) is 2. The number of hydrogen-bond donors (Lipinski definition) is 1. The van der Waals surface area contributed by atoms with E-state index >= 15 is 0 Å². The van der Waals surface area contributed by atoms with Crippen molar-refractivity contribution in [3.8, 4) is 0 Å². The number of benzene rings is 1. The molecule has 20 heavy (non-hydrogen) atoms. The van der Waals surface area contributed by atoms with Gasteiger partial charge in [-0.05, 0) is 65.2 Å². The van der Waals surface area contributed by atoms with E-state index in [0.29, 0.717) is 6.04 Å². The number of nitrogens with one attached hydrogen (secondary N) is 1. The highest BCUT2D eigenvalue weighted by atomic mass is 79.9. The van der Waals surface area contributed by atoms with Gasteiger partial charge in [0, 0.05) is 15.4 Å². The van der Waals surface area contributed by atoms with Gasteiger partial charge >= 0.3 is 0 Å². The van der Waals surface area contributed by atoms with Gasteiger partial charge in [0.25, 0.3) is 0 Å². The van der Waals surface area contributed by atoms with E-state index in [-0.39, 0.29) is 0 Å². The largest absolute Gasteiger partial charge is 0.309 e. The monoisotopic (exact) mass is 351 g/mol. The van der Waals surface area contributed by atoms with E-state index in [1.807, 2.05) is 11.3 Å². The molecule has 0 fully saturated rings. The average Bonchev–Trinajstić information content (AvgIpc) is 2.90. The lowest BCUT2D eigenvalue weighted by atomic mass is 10.0. The molecule has 1 aromatic carbocycles. The van der Waals surface area contributed by atoms with Gasteiger partial charge in [-0.25, -0.2) is 0 Å². The van der Waals surface area contributed by atoms with Crippen molar-refractivity contribution in [1.82, 2.24) is 5.32 Å². The molecule has 0 bridgehead atoms. The topological polar surface area (TPSA) is 12.0 Å². The summed E-state index contributed by atoms with van der Waals surface area (Å²) in [4.78, 5) is 1.44. The van der Waals surface area contributed by atoms with Crippen LogP contribution >= 0.6 is 27.3 Å².